The Balaban J connectivity index is 1.82. The minimum absolute atomic E-state index is 0.0550. The van der Waals surface area contributed by atoms with Gasteiger partial charge < -0.3 is 53.6 Å². The molecule has 4 aliphatic heterocycles. The fraction of sp³-hybridized carbons (Fsp3) is 0.974. The van der Waals surface area contributed by atoms with Crippen LogP contribution in [0.1, 0.15) is 101 Å². The fourth-order valence-electron chi connectivity index (χ4n) is 9.50. The molecule has 4 aliphatic rings. The summed E-state index contributed by atoms with van der Waals surface area (Å²) in [4.78, 5) is 16.1. The van der Waals surface area contributed by atoms with Crippen LogP contribution in [-0.4, -0.2) is 143 Å². The van der Waals surface area contributed by atoms with Gasteiger partial charge in [0.2, 0.25) is 0 Å². The summed E-state index contributed by atoms with van der Waals surface area (Å²) < 4.78 is 45.3. The van der Waals surface area contributed by atoms with Crippen molar-refractivity contribution >= 4 is 5.97 Å². The lowest BCUT2D eigenvalue weighted by Crippen LogP contribution is -2.60. The van der Waals surface area contributed by atoms with Crippen molar-refractivity contribution in [2.24, 2.45) is 23.7 Å². The van der Waals surface area contributed by atoms with E-state index in [0.717, 1.165) is 0 Å². The Hall–Kier alpha value is -0.970. The maximum Gasteiger partial charge on any atom is 0.311 e. The van der Waals surface area contributed by atoms with E-state index in [4.69, 9.17) is 33.2 Å². The number of hydrogen-bond acceptors (Lipinski definition) is 13. The van der Waals surface area contributed by atoms with Crippen LogP contribution >= 0.6 is 0 Å². The topological polar surface area (TPSA) is 166 Å². The zero-order valence-corrected chi connectivity index (χ0v) is 33.1. The Morgan fingerprint density at radius 1 is 0.941 bits per heavy atom. The van der Waals surface area contributed by atoms with Crippen LogP contribution in [0.4, 0.5) is 0 Å². The average Bonchev–Trinajstić information content (AvgIpc) is 3.38. The first-order chi connectivity index (χ1) is 23.7. The lowest BCUT2D eigenvalue weighted by Gasteiger charge is -2.48. The summed E-state index contributed by atoms with van der Waals surface area (Å²) in [7, 11) is 3.53. The lowest BCUT2D eigenvalue weighted by molar-refractivity contribution is -0.312. The Kier molecular flexibility index (Phi) is 14.1. The van der Waals surface area contributed by atoms with Crippen molar-refractivity contribution in [2.45, 2.75) is 186 Å². The van der Waals surface area contributed by atoms with Crippen LogP contribution in [0.5, 0.6) is 0 Å². The normalized spacial score (nSPS) is 50.3. The van der Waals surface area contributed by atoms with Gasteiger partial charge in [0.25, 0.3) is 0 Å². The highest BCUT2D eigenvalue weighted by Crippen LogP contribution is 2.48. The van der Waals surface area contributed by atoms with Crippen LogP contribution in [0.15, 0.2) is 0 Å². The number of methoxy groups -OCH3 is 1. The molecule has 0 saturated carbocycles. The van der Waals surface area contributed by atoms with Crippen molar-refractivity contribution in [2.75, 3.05) is 27.3 Å². The molecule has 4 fully saturated rings. The zero-order valence-electron chi connectivity index (χ0n) is 33.1. The molecule has 2 unspecified atom stereocenters. The molecule has 2 bridgehead atoms. The minimum atomic E-state index is -1.77. The van der Waals surface area contributed by atoms with Gasteiger partial charge in [-0.15, -0.1) is 0 Å². The monoisotopic (exact) mass is 731 g/mol. The number of hydrogen-bond donors (Lipinski definition) is 4. The number of carbonyl (C=O) groups excluding carboxylic acids is 1. The third-order valence-electron chi connectivity index (χ3n) is 12.5. The van der Waals surface area contributed by atoms with Gasteiger partial charge in [0.05, 0.1) is 60.4 Å². The third kappa shape index (κ3) is 9.12. The summed E-state index contributed by atoms with van der Waals surface area (Å²) >= 11 is 0. The van der Waals surface area contributed by atoms with E-state index in [-0.39, 0.29) is 37.2 Å². The molecule has 0 spiro atoms. The largest absolute Gasteiger partial charge is 0.459 e. The van der Waals surface area contributed by atoms with Gasteiger partial charge in [-0.1, -0.05) is 27.7 Å². The first kappa shape index (κ1) is 42.8. The summed E-state index contributed by atoms with van der Waals surface area (Å²) in [5.74, 6) is -2.61. The highest BCUT2D eigenvalue weighted by Gasteiger charge is 2.57. The highest BCUT2D eigenvalue weighted by atomic mass is 16.7. The van der Waals surface area contributed by atoms with Crippen LogP contribution in [0.2, 0.25) is 0 Å². The Morgan fingerprint density at radius 2 is 1.61 bits per heavy atom. The van der Waals surface area contributed by atoms with Crippen LogP contribution in [0.3, 0.4) is 0 Å². The van der Waals surface area contributed by atoms with Crippen LogP contribution in [0, 0.1) is 23.7 Å². The summed E-state index contributed by atoms with van der Waals surface area (Å²) in [5.41, 5.74) is -3.28. The second-order valence-corrected chi connectivity index (χ2v) is 17.0. The number of rotatable bonds is 9. The van der Waals surface area contributed by atoms with E-state index >= 15 is 0 Å². The van der Waals surface area contributed by atoms with Crippen molar-refractivity contribution in [3.8, 4) is 0 Å². The Labute approximate surface area is 305 Å². The number of fused-ring (bicyclic) bond motifs is 2. The molecule has 4 heterocycles. The Morgan fingerprint density at radius 3 is 2.22 bits per heavy atom. The van der Waals surface area contributed by atoms with Gasteiger partial charge in [0.15, 0.2) is 12.6 Å². The molecule has 4 saturated heterocycles. The van der Waals surface area contributed by atoms with Gasteiger partial charge in [-0.2, -0.15) is 0 Å². The van der Waals surface area contributed by atoms with Gasteiger partial charge in [-0.05, 0) is 73.8 Å². The Bertz CT molecular complexity index is 1140. The zero-order chi connectivity index (χ0) is 38.2. The maximum atomic E-state index is 14.1. The highest BCUT2D eigenvalue weighted by molar-refractivity contribution is 5.73. The van der Waals surface area contributed by atoms with Gasteiger partial charge in [0, 0.05) is 44.4 Å². The summed E-state index contributed by atoms with van der Waals surface area (Å²) in [6.07, 6.45) is -5.21. The first-order valence-corrected chi connectivity index (χ1v) is 19.2. The molecule has 4 N–H and O–H groups in total. The van der Waals surface area contributed by atoms with Crippen molar-refractivity contribution in [3.63, 3.8) is 0 Å². The second-order valence-electron chi connectivity index (χ2n) is 17.0. The molecule has 0 aromatic heterocycles. The van der Waals surface area contributed by atoms with E-state index < -0.39 is 89.7 Å². The quantitative estimate of drug-likeness (QED) is 0.256. The lowest BCUT2D eigenvalue weighted by atomic mass is 9.76. The molecule has 13 heteroatoms. The van der Waals surface area contributed by atoms with Gasteiger partial charge in [0.1, 0.15) is 17.8 Å². The molecule has 0 radical (unpaired) electrons. The number of esters is 1. The summed E-state index contributed by atoms with van der Waals surface area (Å²) in [6.45, 7) is 19.1. The van der Waals surface area contributed by atoms with E-state index in [9.17, 15) is 25.2 Å². The van der Waals surface area contributed by atoms with Crippen LogP contribution in [-0.2, 0) is 38.0 Å². The molecule has 0 aromatic carbocycles. The van der Waals surface area contributed by atoms with Crippen LogP contribution in [0.25, 0.3) is 0 Å². The number of likely N-dealkylation sites (N-methyl/N-ethyl adjacent to an activating group) is 1. The smallest absolute Gasteiger partial charge is 0.311 e. The fourth-order valence-corrected chi connectivity index (χ4v) is 9.50. The van der Waals surface area contributed by atoms with Crippen molar-refractivity contribution in [1.29, 1.82) is 0 Å². The molecule has 0 amide bonds. The number of ether oxygens (including phenoxy) is 7. The van der Waals surface area contributed by atoms with Gasteiger partial charge in [-0.3, -0.25) is 9.69 Å². The predicted molar refractivity (Wildman–Crippen MR) is 189 cm³/mol. The molecule has 298 valence electrons. The van der Waals surface area contributed by atoms with E-state index in [1.807, 2.05) is 60.4 Å². The number of cyclic esters (lactones) is 1. The third-order valence-corrected chi connectivity index (χ3v) is 12.5. The molecular weight excluding hydrogens is 662 g/mol. The first-order valence-electron chi connectivity index (χ1n) is 19.2. The predicted octanol–water partition coefficient (Wildman–Crippen LogP) is 3.01. The number of aliphatic hydroxyl groups excluding tert-OH is 3. The van der Waals surface area contributed by atoms with Crippen molar-refractivity contribution < 1.29 is 58.4 Å². The second kappa shape index (κ2) is 16.8. The van der Waals surface area contributed by atoms with E-state index in [1.165, 1.54) is 6.92 Å². The molecule has 0 aromatic rings. The summed E-state index contributed by atoms with van der Waals surface area (Å²) in [5, 5.41) is 44.9. The van der Waals surface area contributed by atoms with Gasteiger partial charge >= 0.3 is 5.97 Å². The average molecular weight is 732 g/mol. The maximum absolute atomic E-state index is 14.1. The van der Waals surface area contributed by atoms with E-state index in [1.54, 1.807) is 14.0 Å². The standard InChI is InChI=1S/C38H69NO12/c1-13-27-38(10,44)32(42)23(5)30-20(2)17-37(9,51-30)33(50-35-29(41)26(16-21(3)47-35)39(11)14-15-40)24(6)31(25(7)34(43)48-27)49-28-19-36(8,45-12)18-22(4)46-28/h20-33,35,40-42,44H,13-19H2,1-12H3/t20-,21+,22-,23-,24-,25+,26-,27+,28?,29+,30-,31-,32+,33+,35?,36-,37+,38+/m0/s1. The minimum Gasteiger partial charge on any atom is -0.459 e. The van der Waals surface area contributed by atoms with Gasteiger partial charge in [-0.25, -0.2) is 0 Å². The van der Waals surface area contributed by atoms with Crippen LogP contribution < -0.4 is 0 Å². The number of carbonyl (C=O) groups is 1. The number of aliphatic hydroxyl groups is 4. The molecule has 4 rings (SSSR count). The summed E-state index contributed by atoms with van der Waals surface area (Å²) in [6, 6.07) is -0.340. The molecule has 18 atom stereocenters. The SMILES string of the molecule is CC[C@H]1OC(=O)[C@H](C)[C@@H](OC2C[C@@](C)(OC)C[C@H](C)O2)[C@H](C)[C@@H](OC2O[C@H](C)C[C@H](N(C)CCO)[C@H]2O)[C@@]2(C)C[C@H](C)[C@H](O2)[C@H](C)[C@@H](O)[C@]1(C)O. The molecule has 13 nitrogen and oxygen atoms in total. The molecule has 51 heavy (non-hydrogen) atoms. The van der Waals surface area contributed by atoms with E-state index in [0.29, 0.717) is 32.2 Å². The van der Waals surface area contributed by atoms with E-state index in [2.05, 4.69) is 6.92 Å². The van der Waals surface area contributed by atoms with Crippen molar-refractivity contribution in [3.05, 3.63) is 0 Å². The molecular formula is C38H69NO12. The molecule has 0 aliphatic carbocycles. The number of nitrogens with zero attached hydrogens (tertiary/aromatic N) is 1. The van der Waals surface area contributed by atoms with Crippen molar-refractivity contribution in [1.82, 2.24) is 4.90 Å².